The molecule has 0 aliphatic carbocycles. The minimum atomic E-state index is -0.518. The summed E-state index contributed by atoms with van der Waals surface area (Å²) >= 11 is 5.88. The van der Waals surface area contributed by atoms with E-state index in [1.165, 1.54) is 12.1 Å². The van der Waals surface area contributed by atoms with Crippen molar-refractivity contribution in [1.29, 1.82) is 0 Å². The van der Waals surface area contributed by atoms with Crippen molar-refractivity contribution < 1.29 is 9.18 Å². The molecule has 0 amide bonds. The maximum Gasteiger partial charge on any atom is 0.196 e. The fourth-order valence-corrected chi connectivity index (χ4v) is 1.96. The van der Waals surface area contributed by atoms with Crippen LogP contribution in [-0.2, 0) is 0 Å². The topological polar surface area (TPSA) is 17.1 Å². The van der Waals surface area contributed by atoms with Gasteiger partial charge < -0.3 is 0 Å². The van der Waals surface area contributed by atoms with Crippen molar-refractivity contribution in [1.82, 2.24) is 0 Å². The van der Waals surface area contributed by atoms with E-state index in [-0.39, 0.29) is 11.3 Å². The third-order valence-electron chi connectivity index (χ3n) is 2.42. The molecular formula is C14H10ClFO. The van der Waals surface area contributed by atoms with Crippen molar-refractivity contribution in [2.45, 2.75) is 6.92 Å². The molecule has 0 fully saturated rings. The van der Waals surface area contributed by atoms with E-state index >= 15 is 0 Å². The standard InChI is InChI=1S/C14H10ClFO/c1-9-6-10(8-11(15)7-9)14(17)12-4-2-3-5-13(12)16/h2-8H,1H3. The molecule has 2 aromatic carbocycles. The number of halogens is 2. The number of carbonyl (C=O) groups is 1. The number of benzene rings is 2. The molecule has 0 aliphatic heterocycles. The Morgan fingerprint density at radius 1 is 1.18 bits per heavy atom. The largest absolute Gasteiger partial charge is 0.288 e. The zero-order chi connectivity index (χ0) is 12.4. The Hall–Kier alpha value is -1.67. The molecule has 0 unspecified atom stereocenters. The van der Waals surface area contributed by atoms with E-state index in [4.69, 9.17) is 11.6 Å². The van der Waals surface area contributed by atoms with Crippen molar-refractivity contribution in [2.24, 2.45) is 0 Å². The Labute approximate surface area is 104 Å². The van der Waals surface area contributed by atoms with Crippen molar-refractivity contribution in [2.75, 3.05) is 0 Å². The minimum Gasteiger partial charge on any atom is -0.288 e. The SMILES string of the molecule is Cc1cc(Cl)cc(C(=O)c2ccccc2F)c1. The first-order valence-corrected chi connectivity index (χ1v) is 5.52. The molecule has 2 rings (SSSR count). The molecule has 0 saturated heterocycles. The van der Waals surface area contributed by atoms with Gasteiger partial charge in [-0.3, -0.25) is 4.79 Å². The first kappa shape index (κ1) is 11.8. The van der Waals surface area contributed by atoms with Crippen LogP contribution in [0, 0.1) is 12.7 Å². The number of hydrogen-bond acceptors (Lipinski definition) is 1. The van der Waals surface area contributed by atoms with Gasteiger partial charge in [0.1, 0.15) is 5.82 Å². The number of aryl methyl sites for hydroxylation is 1. The molecule has 0 heterocycles. The van der Waals surface area contributed by atoms with Gasteiger partial charge in [0.15, 0.2) is 5.78 Å². The second-order valence-electron chi connectivity index (χ2n) is 3.83. The summed E-state index contributed by atoms with van der Waals surface area (Å²) in [4.78, 5) is 12.1. The zero-order valence-electron chi connectivity index (χ0n) is 9.21. The van der Waals surface area contributed by atoms with Crippen LogP contribution in [0.2, 0.25) is 5.02 Å². The van der Waals surface area contributed by atoms with Gasteiger partial charge in [0.05, 0.1) is 5.56 Å². The van der Waals surface area contributed by atoms with Gasteiger partial charge in [-0.25, -0.2) is 4.39 Å². The summed E-state index contributed by atoms with van der Waals surface area (Å²) in [5.74, 6) is -0.871. The number of ketones is 1. The Balaban J connectivity index is 2.48. The summed E-state index contributed by atoms with van der Waals surface area (Å²) in [5, 5.41) is 0.477. The Kier molecular flexibility index (Phi) is 3.25. The number of rotatable bonds is 2. The first-order chi connectivity index (χ1) is 8.08. The molecule has 1 nitrogen and oxygen atoms in total. The van der Waals surface area contributed by atoms with Gasteiger partial charge >= 0.3 is 0 Å². The fraction of sp³-hybridized carbons (Fsp3) is 0.0714. The predicted octanol–water partition coefficient (Wildman–Crippen LogP) is 4.02. The zero-order valence-corrected chi connectivity index (χ0v) is 9.96. The summed E-state index contributed by atoms with van der Waals surface area (Å²) in [6, 6.07) is 10.9. The molecule has 17 heavy (non-hydrogen) atoms. The van der Waals surface area contributed by atoms with Gasteiger partial charge in [0.25, 0.3) is 0 Å². The summed E-state index contributed by atoms with van der Waals surface area (Å²) in [6.45, 7) is 1.84. The normalized spacial score (nSPS) is 10.3. The molecule has 86 valence electrons. The molecule has 3 heteroatoms. The molecule has 0 atom stereocenters. The molecule has 0 aromatic heterocycles. The quantitative estimate of drug-likeness (QED) is 0.734. The van der Waals surface area contributed by atoms with Gasteiger partial charge in [-0.2, -0.15) is 0 Å². The molecule has 0 N–H and O–H groups in total. The van der Waals surface area contributed by atoms with Crippen molar-refractivity contribution >= 4 is 17.4 Å². The summed E-state index contributed by atoms with van der Waals surface area (Å²) in [6.07, 6.45) is 0. The van der Waals surface area contributed by atoms with Gasteiger partial charge in [0.2, 0.25) is 0 Å². The number of hydrogen-bond donors (Lipinski definition) is 0. The molecule has 0 radical (unpaired) electrons. The molecule has 2 aromatic rings. The second kappa shape index (κ2) is 4.68. The Bertz CT molecular complexity index is 558. The van der Waals surface area contributed by atoms with Gasteiger partial charge in [-0.05, 0) is 42.8 Å². The van der Waals surface area contributed by atoms with E-state index in [2.05, 4.69) is 0 Å². The monoisotopic (exact) mass is 248 g/mol. The van der Waals surface area contributed by atoms with Crippen LogP contribution in [0.3, 0.4) is 0 Å². The van der Waals surface area contributed by atoms with Crippen molar-refractivity contribution in [3.05, 3.63) is 70.0 Å². The average molecular weight is 249 g/mol. The third kappa shape index (κ3) is 2.53. The Morgan fingerprint density at radius 3 is 2.53 bits per heavy atom. The van der Waals surface area contributed by atoms with Crippen molar-refractivity contribution in [3.63, 3.8) is 0 Å². The van der Waals surface area contributed by atoms with Crippen LogP contribution in [0.25, 0.3) is 0 Å². The lowest BCUT2D eigenvalue weighted by molar-refractivity contribution is 0.103. The molecular weight excluding hydrogens is 239 g/mol. The van der Waals surface area contributed by atoms with Gasteiger partial charge in [-0.15, -0.1) is 0 Å². The van der Waals surface area contributed by atoms with E-state index < -0.39 is 5.82 Å². The average Bonchev–Trinajstić information content (AvgIpc) is 2.27. The minimum absolute atomic E-state index is 0.0640. The maximum absolute atomic E-state index is 13.5. The Morgan fingerprint density at radius 2 is 1.88 bits per heavy atom. The molecule has 0 saturated carbocycles. The molecule has 0 spiro atoms. The maximum atomic E-state index is 13.5. The van der Waals surface area contributed by atoms with Crippen LogP contribution in [0.1, 0.15) is 21.5 Å². The lowest BCUT2D eigenvalue weighted by Crippen LogP contribution is -2.04. The molecule has 0 bridgehead atoms. The summed E-state index contributed by atoms with van der Waals surface area (Å²) < 4.78 is 13.5. The van der Waals surface area contributed by atoms with Crippen LogP contribution in [-0.4, -0.2) is 5.78 Å². The van der Waals surface area contributed by atoms with E-state index in [1.807, 2.05) is 6.92 Å². The van der Waals surface area contributed by atoms with Gasteiger partial charge in [0, 0.05) is 10.6 Å². The van der Waals surface area contributed by atoms with Crippen LogP contribution in [0.4, 0.5) is 4.39 Å². The van der Waals surface area contributed by atoms with E-state index in [0.29, 0.717) is 10.6 Å². The highest BCUT2D eigenvalue weighted by Crippen LogP contribution is 2.19. The smallest absolute Gasteiger partial charge is 0.196 e. The van der Waals surface area contributed by atoms with E-state index in [0.717, 1.165) is 5.56 Å². The highest BCUT2D eigenvalue weighted by molar-refractivity contribution is 6.31. The first-order valence-electron chi connectivity index (χ1n) is 5.14. The summed E-state index contributed by atoms with van der Waals surface area (Å²) in [5.41, 5.74) is 1.34. The molecule has 0 aliphatic rings. The highest BCUT2D eigenvalue weighted by atomic mass is 35.5. The third-order valence-corrected chi connectivity index (χ3v) is 2.64. The van der Waals surface area contributed by atoms with Crippen LogP contribution < -0.4 is 0 Å². The highest BCUT2D eigenvalue weighted by Gasteiger charge is 2.13. The van der Waals surface area contributed by atoms with Crippen LogP contribution in [0.15, 0.2) is 42.5 Å². The summed E-state index contributed by atoms with van der Waals surface area (Å²) in [7, 11) is 0. The van der Waals surface area contributed by atoms with E-state index in [1.54, 1.807) is 30.3 Å². The second-order valence-corrected chi connectivity index (χ2v) is 4.26. The fourth-order valence-electron chi connectivity index (χ4n) is 1.67. The number of carbonyl (C=O) groups excluding carboxylic acids is 1. The lowest BCUT2D eigenvalue weighted by Gasteiger charge is -2.04. The lowest BCUT2D eigenvalue weighted by atomic mass is 10.0. The predicted molar refractivity (Wildman–Crippen MR) is 66.0 cm³/mol. The van der Waals surface area contributed by atoms with Crippen molar-refractivity contribution in [3.8, 4) is 0 Å². The van der Waals surface area contributed by atoms with Gasteiger partial charge in [-0.1, -0.05) is 23.7 Å². The van der Waals surface area contributed by atoms with Crippen LogP contribution >= 0.6 is 11.6 Å². The van der Waals surface area contributed by atoms with Crippen LogP contribution in [0.5, 0.6) is 0 Å². The van der Waals surface area contributed by atoms with E-state index in [9.17, 15) is 9.18 Å².